The number of nitrogens with one attached hydrogen (secondary N) is 2. The molecule has 2 atom stereocenters. The molecule has 0 radical (unpaired) electrons. The van der Waals surface area contributed by atoms with E-state index in [0.29, 0.717) is 34.8 Å². The summed E-state index contributed by atoms with van der Waals surface area (Å²) in [7, 11) is 0. The molecule has 1 amide bonds. The highest BCUT2D eigenvalue weighted by Crippen LogP contribution is 2.22. The van der Waals surface area contributed by atoms with Gasteiger partial charge in [0.1, 0.15) is 11.3 Å². The minimum absolute atomic E-state index is 0.0904. The lowest BCUT2D eigenvalue weighted by atomic mass is 10.1. The molecular formula is C20H24ClN5O3S. The van der Waals surface area contributed by atoms with Gasteiger partial charge in [0, 0.05) is 22.1 Å². The first kappa shape index (κ1) is 22.3. The Kier molecular flexibility index (Phi) is 7.17. The molecule has 2 N–H and O–H groups in total. The average Bonchev–Trinajstić information content (AvgIpc) is 3.04. The number of benzene rings is 1. The number of hydrogen-bond acceptors (Lipinski definition) is 5. The van der Waals surface area contributed by atoms with E-state index in [1.807, 2.05) is 26.0 Å². The van der Waals surface area contributed by atoms with Crippen molar-refractivity contribution in [3.8, 4) is 0 Å². The molecule has 2 unspecified atom stereocenters. The summed E-state index contributed by atoms with van der Waals surface area (Å²) in [5.74, 6) is 0.0889. The molecule has 160 valence electrons. The number of anilines is 1. The van der Waals surface area contributed by atoms with Gasteiger partial charge in [0.05, 0.1) is 6.54 Å². The fourth-order valence-corrected chi connectivity index (χ4v) is 3.88. The molecule has 0 fully saturated rings. The maximum absolute atomic E-state index is 12.7. The van der Waals surface area contributed by atoms with Crippen LogP contribution in [0.5, 0.6) is 0 Å². The summed E-state index contributed by atoms with van der Waals surface area (Å²) in [6, 6.07) is 7.11. The minimum atomic E-state index is -1.45. The van der Waals surface area contributed by atoms with E-state index in [0.717, 1.165) is 5.56 Å². The third kappa shape index (κ3) is 4.85. The second-order valence-electron chi connectivity index (χ2n) is 7.04. The van der Waals surface area contributed by atoms with Gasteiger partial charge in [0.15, 0.2) is 11.5 Å². The highest BCUT2D eigenvalue weighted by Gasteiger charge is 2.23. The van der Waals surface area contributed by atoms with Crippen LogP contribution in [-0.4, -0.2) is 35.7 Å². The van der Waals surface area contributed by atoms with E-state index in [1.54, 1.807) is 19.1 Å². The number of fused-ring (bicyclic) bond motifs is 1. The van der Waals surface area contributed by atoms with Crippen LogP contribution in [0.3, 0.4) is 0 Å². The minimum Gasteiger partial charge on any atom is -0.609 e. The van der Waals surface area contributed by atoms with Gasteiger partial charge in [-0.05, 0) is 30.5 Å². The number of halogens is 1. The zero-order valence-electron chi connectivity index (χ0n) is 17.1. The SMILES string of the molecule is CCC[S+]([O-])c1nc(NC(=O)C(C)CC)c2[nH]c(=O)n(Cc3ccc(Cl)cc3)c2n1. The van der Waals surface area contributed by atoms with Crippen LogP contribution in [0, 0.1) is 5.92 Å². The number of carbonyl (C=O) groups excluding carboxylic acids is 1. The van der Waals surface area contributed by atoms with E-state index in [4.69, 9.17) is 11.6 Å². The van der Waals surface area contributed by atoms with Crippen LogP contribution < -0.4 is 11.0 Å². The maximum atomic E-state index is 12.7. The Bertz CT molecular complexity index is 1100. The largest absolute Gasteiger partial charge is 0.609 e. The van der Waals surface area contributed by atoms with Crippen molar-refractivity contribution in [2.24, 2.45) is 5.92 Å². The third-order valence-electron chi connectivity index (χ3n) is 4.75. The highest BCUT2D eigenvalue weighted by atomic mass is 35.5. The quantitative estimate of drug-likeness (QED) is 0.404. The van der Waals surface area contributed by atoms with Gasteiger partial charge in [-0.3, -0.25) is 9.36 Å². The number of hydrogen-bond donors (Lipinski definition) is 2. The van der Waals surface area contributed by atoms with E-state index in [2.05, 4.69) is 20.3 Å². The Balaban J connectivity index is 2.11. The summed E-state index contributed by atoms with van der Waals surface area (Å²) in [6.45, 7) is 5.87. The molecule has 3 rings (SSSR count). The predicted molar refractivity (Wildman–Crippen MR) is 118 cm³/mol. The smallest absolute Gasteiger partial charge is 0.346 e. The summed E-state index contributed by atoms with van der Waals surface area (Å²) >= 11 is 4.50. The van der Waals surface area contributed by atoms with Crippen LogP contribution in [0.15, 0.2) is 34.2 Å². The number of imidazole rings is 1. The molecule has 2 aromatic heterocycles. The molecule has 0 aliphatic rings. The van der Waals surface area contributed by atoms with Crippen molar-refractivity contribution in [3.05, 3.63) is 45.3 Å². The summed E-state index contributed by atoms with van der Waals surface area (Å²) in [6.07, 6.45) is 1.34. The van der Waals surface area contributed by atoms with Crippen LogP contribution in [0.2, 0.25) is 5.02 Å². The van der Waals surface area contributed by atoms with Crippen molar-refractivity contribution in [2.45, 2.75) is 45.3 Å². The fourth-order valence-electron chi connectivity index (χ4n) is 2.82. The van der Waals surface area contributed by atoms with Gasteiger partial charge in [0.25, 0.3) is 0 Å². The average molecular weight is 450 g/mol. The molecule has 0 saturated carbocycles. The number of H-pyrrole nitrogens is 1. The van der Waals surface area contributed by atoms with Crippen LogP contribution >= 0.6 is 11.6 Å². The van der Waals surface area contributed by atoms with Crippen LogP contribution in [-0.2, 0) is 22.5 Å². The van der Waals surface area contributed by atoms with Crippen molar-refractivity contribution in [1.82, 2.24) is 19.5 Å². The summed E-state index contributed by atoms with van der Waals surface area (Å²) in [5.41, 5.74) is 1.06. The summed E-state index contributed by atoms with van der Waals surface area (Å²) in [4.78, 5) is 36.6. The molecular weight excluding hydrogens is 426 g/mol. The molecule has 0 bridgehead atoms. The van der Waals surface area contributed by atoms with Gasteiger partial charge in [0.2, 0.25) is 5.91 Å². The van der Waals surface area contributed by atoms with Crippen LogP contribution in [0.1, 0.15) is 39.2 Å². The molecule has 2 heterocycles. The van der Waals surface area contributed by atoms with E-state index < -0.39 is 16.9 Å². The van der Waals surface area contributed by atoms with E-state index >= 15 is 0 Å². The van der Waals surface area contributed by atoms with Gasteiger partial charge in [-0.15, -0.1) is 0 Å². The molecule has 1 aromatic carbocycles. The lowest BCUT2D eigenvalue weighted by molar-refractivity contribution is -0.119. The van der Waals surface area contributed by atoms with Crippen molar-refractivity contribution in [3.63, 3.8) is 0 Å². The van der Waals surface area contributed by atoms with Crippen LogP contribution in [0.25, 0.3) is 11.2 Å². The van der Waals surface area contributed by atoms with Gasteiger partial charge >= 0.3 is 10.8 Å². The Hall–Kier alpha value is -2.36. The topological polar surface area (TPSA) is 116 Å². The van der Waals surface area contributed by atoms with Crippen LogP contribution in [0.4, 0.5) is 5.82 Å². The number of aromatic nitrogens is 4. The molecule has 3 aromatic rings. The Morgan fingerprint density at radius 1 is 1.30 bits per heavy atom. The normalized spacial score (nSPS) is 13.4. The van der Waals surface area contributed by atoms with E-state index in [9.17, 15) is 14.1 Å². The molecule has 0 saturated heterocycles. The summed E-state index contributed by atoms with van der Waals surface area (Å²) < 4.78 is 14.0. The van der Waals surface area contributed by atoms with Crippen molar-refractivity contribution < 1.29 is 9.35 Å². The Morgan fingerprint density at radius 2 is 2.00 bits per heavy atom. The molecule has 10 heteroatoms. The highest BCUT2D eigenvalue weighted by molar-refractivity contribution is 7.91. The molecule has 8 nitrogen and oxygen atoms in total. The lowest BCUT2D eigenvalue weighted by Crippen LogP contribution is -2.22. The Morgan fingerprint density at radius 3 is 2.63 bits per heavy atom. The second-order valence-corrected chi connectivity index (χ2v) is 8.95. The van der Waals surface area contributed by atoms with Gasteiger partial charge in [-0.2, -0.15) is 9.97 Å². The first-order valence-electron chi connectivity index (χ1n) is 9.78. The first-order valence-corrected chi connectivity index (χ1v) is 11.5. The zero-order chi connectivity index (χ0) is 21.8. The number of nitrogens with zero attached hydrogens (tertiary/aromatic N) is 3. The lowest BCUT2D eigenvalue weighted by Gasteiger charge is -2.12. The standard InChI is InChI=1S/C20H24ClN5O3S/c1-4-10-30(29)19-24-16(23-18(27)12(3)5-2)15-17(25-19)26(20(28)22-15)11-13-6-8-14(21)9-7-13/h6-9,12H,4-5,10-11H2,1-3H3,(H,22,28)(H,23,24,25,27). The number of rotatable bonds is 8. The third-order valence-corrected chi connectivity index (χ3v) is 6.37. The van der Waals surface area contributed by atoms with Gasteiger partial charge in [-0.25, -0.2) is 4.79 Å². The van der Waals surface area contributed by atoms with E-state index in [1.165, 1.54) is 4.57 Å². The maximum Gasteiger partial charge on any atom is 0.346 e. The fraction of sp³-hybridized carbons (Fsp3) is 0.400. The molecule has 0 aliphatic heterocycles. The van der Waals surface area contributed by atoms with Crippen molar-refractivity contribution in [2.75, 3.05) is 11.1 Å². The Labute approximate surface area is 182 Å². The molecule has 30 heavy (non-hydrogen) atoms. The first-order chi connectivity index (χ1) is 14.3. The molecule has 0 spiro atoms. The van der Waals surface area contributed by atoms with E-state index in [-0.39, 0.29) is 29.3 Å². The van der Waals surface area contributed by atoms with Gasteiger partial charge < -0.3 is 14.9 Å². The number of amides is 1. The zero-order valence-corrected chi connectivity index (χ0v) is 18.6. The predicted octanol–water partition coefficient (Wildman–Crippen LogP) is 3.32. The number of carbonyl (C=O) groups is 1. The number of aromatic amines is 1. The van der Waals surface area contributed by atoms with Gasteiger partial charge in [-0.1, -0.05) is 44.5 Å². The monoisotopic (exact) mass is 449 g/mol. The summed E-state index contributed by atoms with van der Waals surface area (Å²) in [5, 5.41) is 3.45. The molecule has 0 aliphatic carbocycles. The van der Waals surface area contributed by atoms with Crippen molar-refractivity contribution >= 4 is 45.7 Å². The van der Waals surface area contributed by atoms with Crippen molar-refractivity contribution in [1.29, 1.82) is 0 Å². The second kappa shape index (κ2) is 9.63.